The minimum Gasteiger partial charge on any atom is -0.405 e. The van der Waals surface area contributed by atoms with Gasteiger partial charge in [0.25, 0.3) is 0 Å². The van der Waals surface area contributed by atoms with E-state index in [1.807, 2.05) is 0 Å². The van der Waals surface area contributed by atoms with Crippen molar-refractivity contribution in [3.05, 3.63) is 87.2 Å². The lowest BCUT2D eigenvalue weighted by Gasteiger charge is -2.19. The number of ether oxygens (including phenoxy) is 1. The van der Waals surface area contributed by atoms with Crippen LogP contribution in [0.25, 0.3) is 11.3 Å². The summed E-state index contributed by atoms with van der Waals surface area (Å²) in [7, 11) is 0. The van der Waals surface area contributed by atoms with E-state index in [0.717, 1.165) is 30.3 Å². The molecule has 0 atom stereocenters. The highest BCUT2D eigenvalue weighted by Gasteiger charge is 2.34. The van der Waals surface area contributed by atoms with E-state index in [2.05, 4.69) is 4.74 Å². The number of rotatable bonds is 4. The highest BCUT2D eigenvalue weighted by atomic mass is 35.5. The van der Waals surface area contributed by atoms with E-state index in [-0.39, 0.29) is 23.4 Å². The molecular weight excluding hydrogens is 436 g/mol. The Bertz CT molecular complexity index is 1120. The molecule has 10 heteroatoms. The Morgan fingerprint density at radius 3 is 2.30 bits per heavy atom. The molecule has 0 radical (unpaired) electrons. The van der Waals surface area contributed by atoms with Crippen molar-refractivity contribution in [1.29, 1.82) is 0 Å². The van der Waals surface area contributed by atoms with Gasteiger partial charge in [-0.15, -0.1) is 13.2 Å². The number of halogens is 7. The van der Waals surface area contributed by atoms with E-state index in [1.54, 1.807) is 0 Å². The number of benzene rings is 2. The summed E-state index contributed by atoms with van der Waals surface area (Å²) in [5.74, 6) is -0.468. The Hall–Kier alpha value is -2.94. The number of hydrogen-bond acceptors (Lipinski definition) is 2. The first-order valence-corrected chi connectivity index (χ1v) is 8.74. The molecule has 0 saturated heterocycles. The third-order valence-electron chi connectivity index (χ3n) is 4.13. The molecule has 0 unspecified atom stereocenters. The third-order valence-corrected chi connectivity index (χ3v) is 4.53. The molecule has 0 bridgehead atoms. The second-order valence-corrected chi connectivity index (χ2v) is 6.57. The van der Waals surface area contributed by atoms with Gasteiger partial charge in [0, 0.05) is 29.5 Å². The molecule has 3 aromatic rings. The predicted octanol–water partition coefficient (Wildman–Crippen LogP) is 6.13. The van der Waals surface area contributed by atoms with E-state index in [9.17, 15) is 31.1 Å². The first kappa shape index (κ1) is 21.8. The number of nitrogens with zero attached hydrogens (tertiary/aromatic N) is 1. The molecule has 0 saturated carbocycles. The highest BCUT2D eigenvalue weighted by Crippen LogP contribution is 2.39. The van der Waals surface area contributed by atoms with Crippen LogP contribution >= 0.6 is 11.6 Å². The number of aromatic nitrogens is 1. The average molecular weight is 448 g/mol. The van der Waals surface area contributed by atoms with E-state index in [4.69, 9.17) is 11.6 Å². The van der Waals surface area contributed by atoms with Gasteiger partial charge in [-0.05, 0) is 12.1 Å². The van der Waals surface area contributed by atoms with Crippen molar-refractivity contribution in [2.24, 2.45) is 0 Å². The molecular formula is C20H12ClF6NO2. The van der Waals surface area contributed by atoms with Gasteiger partial charge in [-0.3, -0.25) is 4.79 Å². The molecule has 3 rings (SSSR count). The zero-order valence-electron chi connectivity index (χ0n) is 14.9. The van der Waals surface area contributed by atoms with Crippen molar-refractivity contribution in [2.75, 3.05) is 0 Å². The molecule has 30 heavy (non-hydrogen) atoms. The van der Waals surface area contributed by atoms with Crippen molar-refractivity contribution < 1.29 is 31.1 Å². The van der Waals surface area contributed by atoms with Gasteiger partial charge in [-0.1, -0.05) is 41.9 Å². The minimum absolute atomic E-state index is 0.0143. The standard InChI is InChI=1S/C20H12ClF6NO2/c21-18-14(5-3-6-15(18)19(22,23)24)16-10-13(29)8-9-28(16)11-12-4-1-2-7-17(12)30-20(25,26)27/h1-10H,11H2. The fraction of sp³-hybridized carbons (Fsp3) is 0.150. The van der Waals surface area contributed by atoms with Crippen LogP contribution in [0.2, 0.25) is 5.02 Å². The van der Waals surface area contributed by atoms with Gasteiger partial charge in [-0.25, -0.2) is 0 Å². The topological polar surface area (TPSA) is 31.2 Å². The molecule has 0 spiro atoms. The molecule has 1 heterocycles. The normalized spacial score (nSPS) is 12.1. The van der Waals surface area contributed by atoms with Crippen LogP contribution in [0.4, 0.5) is 26.3 Å². The Morgan fingerprint density at radius 1 is 0.933 bits per heavy atom. The Balaban J connectivity index is 2.11. The Morgan fingerprint density at radius 2 is 1.63 bits per heavy atom. The van der Waals surface area contributed by atoms with Crippen LogP contribution < -0.4 is 10.2 Å². The number of hydrogen-bond donors (Lipinski definition) is 0. The quantitative estimate of drug-likeness (QED) is 0.450. The summed E-state index contributed by atoms with van der Waals surface area (Å²) in [5, 5.41) is -0.621. The molecule has 0 N–H and O–H groups in total. The molecule has 0 aliphatic heterocycles. The van der Waals surface area contributed by atoms with Crippen molar-refractivity contribution in [1.82, 2.24) is 4.57 Å². The fourth-order valence-electron chi connectivity index (χ4n) is 2.87. The summed E-state index contributed by atoms with van der Waals surface area (Å²) in [5.41, 5.74) is -1.57. The highest BCUT2D eigenvalue weighted by molar-refractivity contribution is 6.34. The number of pyridine rings is 1. The Kier molecular flexibility index (Phi) is 5.85. The van der Waals surface area contributed by atoms with Gasteiger partial charge in [0.1, 0.15) is 5.75 Å². The summed E-state index contributed by atoms with van der Waals surface area (Å²) in [4.78, 5) is 11.9. The zero-order chi connectivity index (χ0) is 22.1. The largest absolute Gasteiger partial charge is 0.573 e. The van der Waals surface area contributed by atoms with Gasteiger partial charge in [0.15, 0.2) is 5.43 Å². The van der Waals surface area contributed by atoms with Gasteiger partial charge < -0.3 is 9.30 Å². The number of para-hydroxylation sites is 1. The van der Waals surface area contributed by atoms with Gasteiger partial charge >= 0.3 is 12.5 Å². The Labute approximate surface area is 171 Å². The van der Waals surface area contributed by atoms with E-state index in [0.29, 0.717) is 0 Å². The van der Waals surface area contributed by atoms with Gasteiger partial charge in [0.2, 0.25) is 0 Å². The van der Waals surface area contributed by atoms with Crippen molar-refractivity contribution in [3.8, 4) is 17.0 Å². The molecule has 1 aromatic heterocycles. The smallest absolute Gasteiger partial charge is 0.405 e. The molecule has 0 amide bonds. The maximum Gasteiger partial charge on any atom is 0.573 e. The van der Waals surface area contributed by atoms with E-state index >= 15 is 0 Å². The monoisotopic (exact) mass is 447 g/mol. The first-order chi connectivity index (χ1) is 14.0. The summed E-state index contributed by atoms with van der Waals surface area (Å²) < 4.78 is 83.0. The lowest BCUT2D eigenvalue weighted by Crippen LogP contribution is -2.19. The molecule has 3 nitrogen and oxygen atoms in total. The van der Waals surface area contributed by atoms with Crippen LogP contribution in [-0.4, -0.2) is 10.9 Å². The maximum atomic E-state index is 13.2. The van der Waals surface area contributed by atoms with Crippen molar-refractivity contribution in [3.63, 3.8) is 0 Å². The van der Waals surface area contributed by atoms with Gasteiger partial charge in [-0.2, -0.15) is 13.2 Å². The maximum absolute atomic E-state index is 13.2. The van der Waals surface area contributed by atoms with Crippen LogP contribution in [-0.2, 0) is 12.7 Å². The minimum atomic E-state index is -4.92. The summed E-state index contributed by atoms with van der Waals surface area (Å²) in [6.45, 7) is -0.214. The van der Waals surface area contributed by atoms with Crippen molar-refractivity contribution in [2.45, 2.75) is 19.1 Å². The first-order valence-electron chi connectivity index (χ1n) is 8.36. The molecule has 0 aliphatic rings. The predicted molar refractivity (Wildman–Crippen MR) is 98.4 cm³/mol. The van der Waals surface area contributed by atoms with Crippen LogP contribution in [0, 0.1) is 0 Å². The third kappa shape index (κ3) is 4.96. The fourth-order valence-corrected chi connectivity index (χ4v) is 3.20. The van der Waals surface area contributed by atoms with Crippen molar-refractivity contribution >= 4 is 11.6 Å². The zero-order valence-corrected chi connectivity index (χ0v) is 15.6. The van der Waals surface area contributed by atoms with E-state index < -0.39 is 34.3 Å². The van der Waals surface area contributed by atoms with Crippen LogP contribution in [0.5, 0.6) is 5.75 Å². The molecule has 158 valence electrons. The van der Waals surface area contributed by atoms with Gasteiger partial charge in [0.05, 0.1) is 22.8 Å². The van der Waals surface area contributed by atoms with Crippen LogP contribution in [0.15, 0.2) is 65.6 Å². The lowest BCUT2D eigenvalue weighted by molar-refractivity contribution is -0.274. The molecule has 0 aliphatic carbocycles. The summed E-state index contributed by atoms with van der Waals surface area (Å²) in [6, 6.07) is 10.7. The molecule has 0 fully saturated rings. The second-order valence-electron chi connectivity index (χ2n) is 6.20. The molecule has 2 aromatic carbocycles. The van der Waals surface area contributed by atoms with Crippen LogP contribution in [0.3, 0.4) is 0 Å². The van der Waals surface area contributed by atoms with E-state index in [1.165, 1.54) is 35.0 Å². The SMILES string of the molecule is O=c1ccn(Cc2ccccc2OC(F)(F)F)c(-c2cccc(C(F)(F)F)c2Cl)c1. The average Bonchev–Trinajstić information content (AvgIpc) is 2.63. The second kappa shape index (κ2) is 8.06. The summed E-state index contributed by atoms with van der Waals surface area (Å²) in [6.07, 6.45) is -8.38. The van der Waals surface area contributed by atoms with Crippen LogP contribution in [0.1, 0.15) is 11.1 Å². The summed E-state index contributed by atoms with van der Waals surface area (Å²) >= 11 is 5.96. The number of alkyl halides is 6. The lowest BCUT2D eigenvalue weighted by atomic mass is 10.1.